The molecule has 3 N–H and O–H groups in total. The van der Waals surface area contributed by atoms with E-state index in [0.29, 0.717) is 28.3 Å². The van der Waals surface area contributed by atoms with Crippen LogP contribution >= 0.6 is 0 Å². The molecule has 8 heteroatoms. The molecule has 0 radical (unpaired) electrons. The van der Waals surface area contributed by atoms with Crippen LogP contribution < -0.4 is 10.6 Å². The van der Waals surface area contributed by atoms with Gasteiger partial charge >= 0.3 is 0 Å². The molecule has 0 spiro atoms. The van der Waals surface area contributed by atoms with E-state index in [1.165, 1.54) is 32.0 Å². The minimum Gasteiger partial charge on any atom is -0.353 e. The second-order valence-electron chi connectivity index (χ2n) is 8.19. The standard InChI is InChI=1S/C25H28F2N6/c1-17(19-7-10-22(26)23(27)14-19)31-24-16-29-32-25(24)18(2)30-21-9-8-20(28-15-21)6-5-13-33-11-3-4-12-33/h7-10,14-16,30-31H,1-6,11-13H2,(H,29,32). The summed E-state index contributed by atoms with van der Waals surface area (Å²) in [6.07, 6.45) is 8.06. The molecule has 0 unspecified atom stereocenters. The topological polar surface area (TPSA) is 68.9 Å². The van der Waals surface area contributed by atoms with E-state index in [0.717, 1.165) is 42.9 Å². The molecule has 3 heterocycles. The Morgan fingerprint density at radius 3 is 2.55 bits per heavy atom. The highest BCUT2D eigenvalue weighted by molar-refractivity contribution is 5.84. The Bertz CT molecular complexity index is 1120. The molecule has 33 heavy (non-hydrogen) atoms. The number of nitrogens with one attached hydrogen (secondary N) is 3. The summed E-state index contributed by atoms with van der Waals surface area (Å²) >= 11 is 0. The Hall–Kier alpha value is -3.52. The van der Waals surface area contributed by atoms with Gasteiger partial charge in [-0.25, -0.2) is 8.78 Å². The maximum absolute atomic E-state index is 13.5. The number of benzene rings is 1. The van der Waals surface area contributed by atoms with Crippen molar-refractivity contribution < 1.29 is 8.78 Å². The summed E-state index contributed by atoms with van der Waals surface area (Å²) in [5.74, 6) is -1.83. The van der Waals surface area contributed by atoms with Gasteiger partial charge in [0, 0.05) is 17.0 Å². The number of aryl methyl sites for hydroxylation is 1. The van der Waals surface area contributed by atoms with E-state index < -0.39 is 11.6 Å². The van der Waals surface area contributed by atoms with E-state index >= 15 is 0 Å². The van der Waals surface area contributed by atoms with Gasteiger partial charge in [0.15, 0.2) is 11.6 Å². The maximum atomic E-state index is 13.5. The number of halogens is 2. The lowest BCUT2D eigenvalue weighted by Gasteiger charge is -2.14. The summed E-state index contributed by atoms with van der Waals surface area (Å²) in [4.78, 5) is 7.07. The van der Waals surface area contributed by atoms with Crippen molar-refractivity contribution in [3.63, 3.8) is 0 Å². The normalized spacial score (nSPS) is 13.8. The SMILES string of the molecule is C=C(Nc1cn[nH]c1C(=C)Nc1ccc(CCCN2CCCC2)nc1)c1ccc(F)c(F)c1. The lowest BCUT2D eigenvalue weighted by molar-refractivity contribution is 0.333. The zero-order chi connectivity index (χ0) is 23.2. The highest BCUT2D eigenvalue weighted by atomic mass is 19.2. The molecule has 0 bridgehead atoms. The Kier molecular flexibility index (Phi) is 7.14. The fraction of sp³-hybridized carbons (Fsp3) is 0.280. The maximum Gasteiger partial charge on any atom is 0.159 e. The van der Waals surface area contributed by atoms with Crippen molar-refractivity contribution in [2.75, 3.05) is 30.3 Å². The van der Waals surface area contributed by atoms with Gasteiger partial charge in [-0.2, -0.15) is 5.10 Å². The van der Waals surface area contributed by atoms with Crippen molar-refractivity contribution in [1.82, 2.24) is 20.1 Å². The molecule has 1 aliphatic heterocycles. The van der Waals surface area contributed by atoms with Crippen LogP contribution in [-0.4, -0.2) is 39.7 Å². The lowest BCUT2D eigenvalue weighted by Crippen LogP contribution is -2.20. The van der Waals surface area contributed by atoms with E-state index in [9.17, 15) is 8.78 Å². The van der Waals surface area contributed by atoms with Crippen molar-refractivity contribution in [3.8, 4) is 0 Å². The first-order chi connectivity index (χ1) is 16.0. The fourth-order valence-electron chi connectivity index (χ4n) is 3.90. The van der Waals surface area contributed by atoms with Gasteiger partial charge in [-0.1, -0.05) is 13.2 Å². The van der Waals surface area contributed by atoms with Gasteiger partial charge in [-0.05, 0) is 75.6 Å². The molecular formula is C25H28F2N6. The summed E-state index contributed by atoms with van der Waals surface area (Å²) in [5.41, 5.74) is 4.52. The zero-order valence-electron chi connectivity index (χ0n) is 18.5. The van der Waals surface area contributed by atoms with Crippen LogP contribution in [0.5, 0.6) is 0 Å². The van der Waals surface area contributed by atoms with Crippen LogP contribution in [0.2, 0.25) is 0 Å². The molecule has 1 saturated heterocycles. The quantitative estimate of drug-likeness (QED) is 0.392. The number of likely N-dealkylation sites (tertiary alicyclic amines) is 1. The van der Waals surface area contributed by atoms with E-state index in [4.69, 9.17) is 0 Å². The van der Waals surface area contributed by atoms with Crippen molar-refractivity contribution in [1.29, 1.82) is 0 Å². The number of aromatic amines is 1. The van der Waals surface area contributed by atoms with Crippen LogP contribution in [0.4, 0.5) is 20.2 Å². The van der Waals surface area contributed by atoms with Crippen molar-refractivity contribution >= 4 is 22.8 Å². The molecule has 6 nitrogen and oxygen atoms in total. The Morgan fingerprint density at radius 1 is 1.00 bits per heavy atom. The number of hydrogen-bond acceptors (Lipinski definition) is 5. The second kappa shape index (κ2) is 10.4. The van der Waals surface area contributed by atoms with E-state index in [1.54, 1.807) is 12.4 Å². The monoisotopic (exact) mass is 450 g/mol. The van der Waals surface area contributed by atoms with Crippen LogP contribution in [-0.2, 0) is 6.42 Å². The summed E-state index contributed by atoms with van der Waals surface area (Å²) < 4.78 is 26.7. The van der Waals surface area contributed by atoms with Crippen LogP contribution in [0, 0.1) is 11.6 Å². The summed E-state index contributed by atoms with van der Waals surface area (Å²) in [7, 11) is 0. The number of aromatic nitrogens is 3. The summed E-state index contributed by atoms with van der Waals surface area (Å²) in [6.45, 7) is 11.6. The number of rotatable bonds is 10. The smallest absolute Gasteiger partial charge is 0.159 e. The third-order valence-corrected chi connectivity index (χ3v) is 5.72. The van der Waals surface area contributed by atoms with Gasteiger partial charge in [0.05, 0.1) is 29.5 Å². The second-order valence-corrected chi connectivity index (χ2v) is 8.19. The Balaban J connectivity index is 1.33. The molecule has 1 aliphatic rings. The van der Waals surface area contributed by atoms with E-state index in [-0.39, 0.29) is 0 Å². The highest BCUT2D eigenvalue weighted by Gasteiger charge is 2.13. The molecule has 2 aromatic heterocycles. The first-order valence-corrected chi connectivity index (χ1v) is 11.1. The van der Waals surface area contributed by atoms with Crippen LogP contribution in [0.25, 0.3) is 11.4 Å². The third-order valence-electron chi connectivity index (χ3n) is 5.72. The van der Waals surface area contributed by atoms with Crippen LogP contribution in [0.15, 0.2) is 55.9 Å². The Morgan fingerprint density at radius 2 is 1.82 bits per heavy atom. The highest BCUT2D eigenvalue weighted by Crippen LogP contribution is 2.25. The van der Waals surface area contributed by atoms with Crippen molar-refractivity contribution in [2.24, 2.45) is 0 Å². The van der Waals surface area contributed by atoms with Gasteiger partial charge < -0.3 is 15.5 Å². The molecule has 172 valence electrons. The van der Waals surface area contributed by atoms with Gasteiger partial charge in [0.25, 0.3) is 0 Å². The zero-order valence-corrected chi connectivity index (χ0v) is 18.5. The minimum atomic E-state index is -0.930. The number of H-pyrrole nitrogens is 1. The molecular weight excluding hydrogens is 422 g/mol. The molecule has 1 fully saturated rings. The van der Waals surface area contributed by atoms with Crippen LogP contribution in [0.3, 0.4) is 0 Å². The average Bonchev–Trinajstić information content (AvgIpc) is 3.49. The lowest BCUT2D eigenvalue weighted by atomic mass is 10.1. The van der Waals surface area contributed by atoms with E-state index in [1.807, 2.05) is 12.1 Å². The Labute approximate surface area is 192 Å². The number of nitrogens with zero attached hydrogens (tertiary/aromatic N) is 3. The number of pyridine rings is 1. The van der Waals surface area contributed by atoms with Gasteiger partial charge in [-0.15, -0.1) is 0 Å². The molecule has 0 aliphatic carbocycles. The first-order valence-electron chi connectivity index (χ1n) is 11.1. The predicted octanol–water partition coefficient (Wildman–Crippen LogP) is 5.28. The van der Waals surface area contributed by atoms with Crippen molar-refractivity contribution in [3.05, 3.63) is 84.5 Å². The molecule has 0 saturated carbocycles. The molecule has 3 aromatic rings. The van der Waals surface area contributed by atoms with Gasteiger partial charge in [0.1, 0.15) is 5.69 Å². The number of anilines is 2. The largest absolute Gasteiger partial charge is 0.353 e. The molecule has 1 aromatic carbocycles. The molecule has 0 amide bonds. The fourth-order valence-corrected chi connectivity index (χ4v) is 3.90. The van der Waals surface area contributed by atoms with Gasteiger partial charge in [0.2, 0.25) is 0 Å². The van der Waals surface area contributed by atoms with Crippen LogP contribution in [0.1, 0.15) is 36.2 Å². The third kappa shape index (κ3) is 5.84. The predicted molar refractivity (Wildman–Crippen MR) is 128 cm³/mol. The van der Waals surface area contributed by atoms with E-state index in [2.05, 4.69) is 43.9 Å². The first kappa shape index (κ1) is 22.7. The average molecular weight is 451 g/mol. The molecule has 4 rings (SSSR count). The minimum absolute atomic E-state index is 0.407. The summed E-state index contributed by atoms with van der Waals surface area (Å²) in [5, 5.41) is 13.3. The van der Waals surface area contributed by atoms with Crippen molar-refractivity contribution in [2.45, 2.75) is 25.7 Å². The van der Waals surface area contributed by atoms with Gasteiger partial charge in [-0.3, -0.25) is 10.1 Å². The molecule has 0 atom stereocenters. The number of hydrogen-bond donors (Lipinski definition) is 3. The summed E-state index contributed by atoms with van der Waals surface area (Å²) in [6, 6.07) is 7.62.